The van der Waals surface area contributed by atoms with E-state index in [0.717, 1.165) is 15.1 Å². The van der Waals surface area contributed by atoms with Crippen molar-refractivity contribution in [3.05, 3.63) is 15.9 Å². The van der Waals surface area contributed by atoms with Crippen LogP contribution < -0.4 is 5.48 Å². The van der Waals surface area contributed by atoms with Gasteiger partial charge in [-0.25, -0.2) is 13.9 Å². The highest BCUT2D eigenvalue weighted by Crippen LogP contribution is 2.30. The van der Waals surface area contributed by atoms with Gasteiger partial charge in [-0.2, -0.15) is 4.31 Å². The predicted octanol–water partition coefficient (Wildman–Crippen LogP) is 1.42. The van der Waals surface area contributed by atoms with Crippen molar-refractivity contribution in [1.29, 1.82) is 0 Å². The maximum atomic E-state index is 12.4. The van der Waals surface area contributed by atoms with Crippen LogP contribution in [0.1, 0.15) is 12.8 Å². The lowest BCUT2D eigenvalue weighted by Crippen LogP contribution is -2.44. The van der Waals surface area contributed by atoms with Gasteiger partial charge in [0, 0.05) is 13.1 Å². The topological polar surface area (TPSA) is 86.7 Å². The summed E-state index contributed by atoms with van der Waals surface area (Å²) in [4.78, 5) is 11.4. The first-order valence-corrected chi connectivity index (χ1v) is 8.69. The van der Waals surface area contributed by atoms with Gasteiger partial charge in [-0.1, -0.05) is 0 Å². The molecule has 1 atom stereocenters. The molecule has 19 heavy (non-hydrogen) atoms. The summed E-state index contributed by atoms with van der Waals surface area (Å²) in [5.74, 6) is -1.04. The molecule has 2 N–H and O–H groups in total. The zero-order valence-electron chi connectivity index (χ0n) is 9.87. The quantitative estimate of drug-likeness (QED) is 0.623. The Morgan fingerprint density at radius 1 is 1.53 bits per heavy atom. The van der Waals surface area contributed by atoms with E-state index < -0.39 is 21.8 Å². The first-order valence-electron chi connectivity index (χ1n) is 5.64. The summed E-state index contributed by atoms with van der Waals surface area (Å²) in [5.41, 5.74) is 1.59. The lowest BCUT2D eigenvalue weighted by atomic mass is 9.99. The van der Waals surface area contributed by atoms with Crippen LogP contribution in [0.25, 0.3) is 0 Å². The van der Waals surface area contributed by atoms with E-state index in [1.165, 1.54) is 4.31 Å². The number of halogens is 1. The van der Waals surface area contributed by atoms with E-state index in [1.54, 1.807) is 17.6 Å². The van der Waals surface area contributed by atoms with Gasteiger partial charge in [0.1, 0.15) is 4.21 Å². The molecular weight excluding hydrogens is 356 g/mol. The molecule has 1 amide bonds. The SMILES string of the molecule is O=C(NO)C1CCCN(S(=O)(=O)c2ccc(Br)s2)C1. The molecule has 106 valence electrons. The van der Waals surface area contributed by atoms with Gasteiger partial charge in [0.25, 0.3) is 10.0 Å². The van der Waals surface area contributed by atoms with Gasteiger partial charge in [-0.15, -0.1) is 11.3 Å². The van der Waals surface area contributed by atoms with Crippen molar-refractivity contribution >= 4 is 43.2 Å². The Labute approximate surface area is 123 Å². The molecule has 0 aromatic carbocycles. The van der Waals surface area contributed by atoms with E-state index in [0.29, 0.717) is 19.4 Å². The predicted molar refractivity (Wildman–Crippen MR) is 73.4 cm³/mol. The minimum atomic E-state index is -3.56. The van der Waals surface area contributed by atoms with E-state index >= 15 is 0 Å². The maximum absolute atomic E-state index is 12.4. The average Bonchev–Trinajstić information content (AvgIpc) is 2.85. The number of amides is 1. The van der Waals surface area contributed by atoms with Crippen LogP contribution in [0.4, 0.5) is 0 Å². The monoisotopic (exact) mass is 368 g/mol. The summed E-state index contributed by atoms with van der Waals surface area (Å²) >= 11 is 4.37. The first-order chi connectivity index (χ1) is 8.95. The van der Waals surface area contributed by atoms with Crippen LogP contribution in [-0.2, 0) is 14.8 Å². The third kappa shape index (κ3) is 3.16. The van der Waals surface area contributed by atoms with Crippen molar-refractivity contribution < 1.29 is 18.4 Å². The molecule has 9 heteroatoms. The first kappa shape index (κ1) is 14.9. The number of nitrogens with zero attached hydrogens (tertiary/aromatic N) is 1. The molecular formula is C10H13BrN2O4S2. The van der Waals surface area contributed by atoms with Crippen molar-refractivity contribution in [2.24, 2.45) is 5.92 Å². The minimum Gasteiger partial charge on any atom is -0.289 e. The number of sulfonamides is 1. The third-order valence-electron chi connectivity index (χ3n) is 3.01. The van der Waals surface area contributed by atoms with Crippen LogP contribution in [0.2, 0.25) is 0 Å². The molecule has 2 rings (SSSR count). The minimum absolute atomic E-state index is 0.101. The van der Waals surface area contributed by atoms with E-state index in [1.807, 2.05) is 0 Å². The molecule has 0 spiro atoms. The van der Waals surface area contributed by atoms with E-state index in [4.69, 9.17) is 5.21 Å². The van der Waals surface area contributed by atoms with Crippen molar-refractivity contribution in [3.63, 3.8) is 0 Å². The van der Waals surface area contributed by atoms with Crippen molar-refractivity contribution in [3.8, 4) is 0 Å². The fraction of sp³-hybridized carbons (Fsp3) is 0.500. The number of hydrogen-bond donors (Lipinski definition) is 2. The molecule has 0 radical (unpaired) electrons. The lowest BCUT2D eigenvalue weighted by Gasteiger charge is -2.30. The fourth-order valence-electron chi connectivity index (χ4n) is 2.03. The number of thiophene rings is 1. The second-order valence-corrected chi connectivity index (χ2v) is 8.86. The van der Waals surface area contributed by atoms with Gasteiger partial charge in [0.05, 0.1) is 9.70 Å². The maximum Gasteiger partial charge on any atom is 0.252 e. The number of hydrogen-bond acceptors (Lipinski definition) is 5. The molecule has 1 aliphatic rings. The summed E-state index contributed by atoms with van der Waals surface area (Å²) in [6.45, 7) is 0.497. The highest BCUT2D eigenvalue weighted by molar-refractivity contribution is 9.11. The van der Waals surface area contributed by atoms with Gasteiger partial charge in [-0.3, -0.25) is 10.0 Å². The number of carbonyl (C=O) groups excluding carboxylic acids is 1. The number of hydroxylamine groups is 1. The molecule has 1 aromatic heterocycles. The molecule has 0 aliphatic carbocycles. The molecule has 6 nitrogen and oxygen atoms in total. The summed E-state index contributed by atoms with van der Waals surface area (Å²) in [6, 6.07) is 3.22. The number of rotatable bonds is 3. The molecule has 1 fully saturated rings. The smallest absolute Gasteiger partial charge is 0.252 e. The van der Waals surface area contributed by atoms with Crippen molar-refractivity contribution in [2.75, 3.05) is 13.1 Å². The zero-order chi connectivity index (χ0) is 14.0. The van der Waals surface area contributed by atoms with Gasteiger partial charge in [0.15, 0.2) is 0 Å². The Morgan fingerprint density at radius 2 is 2.26 bits per heavy atom. The van der Waals surface area contributed by atoms with E-state index in [-0.39, 0.29) is 10.8 Å². The van der Waals surface area contributed by atoms with Crippen LogP contribution in [0, 0.1) is 5.92 Å². The number of nitrogens with one attached hydrogen (secondary N) is 1. The molecule has 2 heterocycles. The zero-order valence-corrected chi connectivity index (χ0v) is 13.1. The molecule has 1 saturated heterocycles. The standard InChI is InChI=1S/C10H13BrN2O4S2/c11-8-3-4-9(18-8)19(16,17)13-5-1-2-7(6-13)10(14)12-15/h3-4,7,15H,1-2,5-6H2,(H,12,14). The number of carbonyl (C=O) groups is 1. The van der Waals surface area contributed by atoms with Crippen LogP contribution in [0.5, 0.6) is 0 Å². The average molecular weight is 369 g/mol. The van der Waals surface area contributed by atoms with Gasteiger partial charge in [0.2, 0.25) is 5.91 Å². The molecule has 1 aliphatic heterocycles. The Balaban J connectivity index is 2.19. The third-order valence-corrected chi connectivity index (χ3v) is 6.96. The lowest BCUT2D eigenvalue weighted by molar-refractivity contribution is -0.134. The van der Waals surface area contributed by atoms with Gasteiger partial charge in [-0.05, 0) is 40.9 Å². The Kier molecular flexibility index (Phi) is 4.62. The Bertz CT molecular complexity index is 572. The fourth-order valence-corrected chi connectivity index (χ4v) is 5.72. The number of piperidine rings is 1. The second kappa shape index (κ2) is 5.88. The summed E-state index contributed by atoms with van der Waals surface area (Å²) in [7, 11) is -3.56. The second-order valence-electron chi connectivity index (χ2n) is 4.24. The largest absolute Gasteiger partial charge is 0.289 e. The Hall–Kier alpha value is -0.480. The van der Waals surface area contributed by atoms with E-state index in [2.05, 4.69) is 15.9 Å². The highest BCUT2D eigenvalue weighted by atomic mass is 79.9. The summed E-state index contributed by atoms with van der Waals surface area (Å²) in [6.07, 6.45) is 1.18. The highest BCUT2D eigenvalue weighted by Gasteiger charge is 2.33. The van der Waals surface area contributed by atoms with Gasteiger partial charge >= 0.3 is 0 Å². The molecule has 0 bridgehead atoms. The summed E-state index contributed by atoms with van der Waals surface area (Å²) in [5, 5.41) is 8.62. The van der Waals surface area contributed by atoms with Crippen molar-refractivity contribution in [1.82, 2.24) is 9.79 Å². The molecule has 0 saturated carbocycles. The normalized spacial score (nSPS) is 21.3. The van der Waals surface area contributed by atoms with Crippen molar-refractivity contribution in [2.45, 2.75) is 17.1 Å². The summed E-state index contributed by atoms with van der Waals surface area (Å²) < 4.78 is 27.1. The van der Waals surface area contributed by atoms with Crippen LogP contribution in [0.15, 0.2) is 20.1 Å². The van der Waals surface area contributed by atoms with Crippen LogP contribution >= 0.6 is 27.3 Å². The van der Waals surface area contributed by atoms with E-state index in [9.17, 15) is 13.2 Å². The van der Waals surface area contributed by atoms with Crippen LogP contribution in [0.3, 0.4) is 0 Å². The molecule has 1 aromatic rings. The van der Waals surface area contributed by atoms with Gasteiger partial charge < -0.3 is 0 Å². The molecule has 1 unspecified atom stereocenters. The van der Waals surface area contributed by atoms with Crippen LogP contribution in [-0.4, -0.2) is 36.9 Å². The Morgan fingerprint density at radius 3 is 2.84 bits per heavy atom.